The number of hydrogen-bond acceptors (Lipinski definition) is 5. The molecule has 0 aromatic heterocycles. The molecule has 3 rings (SSSR count). The van der Waals surface area contributed by atoms with Crippen LogP contribution < -0.4 is 14.8 Å². The van der Waals surface area contributed by atoms with Crippen molar-refractivity contribution in [3.05, 3.63) is 48.0 Å². The summed E-state index contributed by atoms with van der Waals surface area (Å²) in [5.74, 6) is 1.27. The molecule has 1 saturated heterocycles. The number of nitrogens with one attached hydrogen (secondary N) is 1. The molecule has 0 spiro atoms. The summed E-state index contributed by atoms with van der Waals surface area (Å²) in [4.78, 5) is 12.9. The number of methoxy groups -OCH3 is 2. The average Bonchev–Trinajstić information content (AvgIpc) is 2.72. The van der Waals surface area contributed by atoms with Crippen LogP contribution in [0, 0.1) is 11.8 Å². The molecule has 0 bridgehead atoms. The van der Waals surface area contributed by atoms with E-state index in [0.29, 0.717) is 42.1 Å². The van der Waals surface area contributed by atoms with Crippen molar-refractivity contribution >= 4 is 21.6 Å². The molecule has 8 heteroatoms. The molecule has 0 saturated carbocycles. The molecule has 162 valence electrons. The summed E-state index contributed by atoms with van der Waals surface area (Å²) in [7, 11) is -0.615. The fraction of sp³-hybridized carbons (Fsp3) is 0.409. The third-order valence-corrected chi connectivity index (χ3v) is 7.01. The minimum absolute atomic E-state index is 0.125. The van der Waals surface area contributed by atoms with Crippen LogP contribution in [0.2, 0.25) is 0 Å². The number of rotatable bonds is 6. The van der Waals surface area contributed by atoms with Crippen molar-refractivity contribution in [2.75, 3.05) is 32.6 Å². The largest absolute Gasteiger partial charge is 0.497 e. The maximum absolute atomic E-state index is 13.1. The van der Waals surface area contributed by atoms with Gasteiger partial charge in [-0.25, -0.2) is 8.42 Å². The number of piperidine rings is 1. The molecule has 0 radical (unpaired) electrons. The van der Waals surface area contributed by atoms with E-state index in [9.17, 15) is 13.2 Å². The fourth-order valence-corrected chi connectivity index (χ4v) is 5.56. The van der Waals surface area contributed by atoms with Gasteiger partial charge in [-0.1, -0.05) is 19.9 Å². The zero-order valence-electron chi connectivity index (χ0n) is 17.7. The summed E-state index contributed by atoms with van der Waals surface area (Å²) in [6.45, 7) is 5.11. The van der Waals surface area contributed by atoms with E-state index in [0.717, 1.165) is 6.42 Å². The van der Waals surface area contributed by atoms with Gasteiger partial charge in [0.1, 0.15) is 11.5 Å². The Morgan fingerprint density at radius 3 is 2.17 bits per heavy atom. The first-order chi connectivity index (χ1) is 14.2. The first kappa shape index (κ1) is 22.1. The Hall–Kier alpha value is -2.58. The van der Waals surface area contributed by atoms with Crippen LogP contribution in [0.5, 0.6) is 11.5 Å². The number of benzene rings is 2. The SMILES string of the molecule is COc1cc(NC(=O)c2cccc(S(=O)(=O)N3CC(C)CC(C)C3)c2)cc(OC)c1. The van der Waals surface area contributed by atoms with Crippen LogP contribution in [0.4, 0.5) is 5.69 Å². The van der Waals surface area contributed by atoms with E-state index in [1.165, 1.54) is 30.7 Å². The molecule has 2 atom stereocenters. The van der Waals surface area contributed by atoms with Gasteiger partial charge >= 0.3 is 0 Å². The summed E-state index contributed by atoms with van der Waals surface area (Å²) in [6, 6.07) is 11.2. The van der Waals surface area contributed by atoms with E-state index in [1.54, 1.807) is 30.3 Å². The normalized spacial score (nSPS) is 19.9. The first-order valence-corrected chi connectivity index (χ1v) is 11.3. The number of ether oxygens (including phenoxy) is 2. The highest BCUT2D eigenvalue weighted by molar-refractivity contribution is 7.89. The van der Waals surface area contributed by atoms with Crippen LogP contribution >= 0.6 is 0 Å². The zero-order chi connectivity index (χ0) is 21.9. The average molecular weight is 433 g/mol. The van der Waals surface area contributed by atoms with Gasteiger partial charge in [-0.15, -0.1) is 0 Å². The number of amides is 1. The van der Waals surface area contributed by atoms with Crippen molar-refractivity contribution in [2.45, 2.75) is 25.2 Å². The molecule has 2 aromatic carbocycles. The number of anilines is 1. The third kappa shape index (κ3) is 4.94. The zero-order valence-corrected chi connectivity index (χ0v) is 18.5. The molecule has 1 aliphatic rings. The number of carbonyl (C=O) groups excluding carboxylic acids is 1. The van der Waals surface area contributed by atoms with Crippen LogP contribution in [0.1, 0.15) is 30.6 Å². The lowest BCUT2D eigenvalue weighted by Gasteiger charge is -2.34. The lowest BCUT2D eigenvalue weighted by Crippen LogP contribution is -2.42. The van der Waals surface area contributed by atoms with Crippen LogP contribution in [0.25, 0.3) is 0 Å². The van der Waals surface area contributed by atoms with E-state index in [2.05, 4.69) is 19.2 Å². The van der Waals surface area contributed by atoms with Gasteiger partial charge < -0.3 is 14.8 Å². The summed E-state index contributed by atoms with van der Waals surface area (Å²) in [5, 5.41) is 2.77. The van der Waals surface area contributed by atoms with Crippen molar-refractivity contribution in [2.24, 2.45) is 11.8 Å². The number of carbonyl (C=O) groups is 1. The molecular formula is C22H28N2O5S. The highest BCUT2D eigenvalue weighted by Gasteiger charge is 2.32. The molecule has 2 unspecified atom stereocenters. The van der Waals surface area contributed by atoms with Crippen molar-refractivity contribution < 1.29 is 22.7 Å². The van der Waals surface area contributed by atoms with E-state index in [-0.39, 0.29) is 10.5 Å². The highest BCUT2D eigenvalue weighted by Crippen LogP contribution is 2.28. The van der Waals surface area contributed by atoms with Crippen LogP contribution in [-0.2, 0) is 10.0 Å². The smallest absolute Gasteiger partial charge is 0.255 e. The third-order valence-electron chi connectivity index (χ3n) is 5.18. The highest BCUT2D eigenvalue weighted by atomic mass is 32.2. The number of sulfonamides is 1. The minimum Gasteiger partial charge on any atom is -0.497 e. The minimum atomic E-state index is -3.66. The number of hydrogen-bond donors (Lipinski definition) is 1. The van der Waals surface area contributed by atoms with Crippen LogP contribution in [-0.4, -0.2) is 45.9 Å². The standard InChI is InChI=1S/C22H28N2O5S/c1-15-8-16(2)14-24(13-15)30(26,27)21-7-5-6-17(9-21)22(25)23-18-10-19(28-3)12-20(11-18)29-4/h5-7,9-12,15-16H,8,13-14H2,1-4H3,(H,23,25). The maximum Gasteiger partial charge on any atom is 0.255 e. The summed E-state index contributed by atoms with van der Waals surface area (Å²) in [6.07, 6.45) is 1.01. The van der Waals surface area contributed by atoms with E-state index >= 15 is 0 Å². The van der Waals surface area contributed by atoms with Crippen molar-refractivity contribution in [1.29, 1.82) is 0 Å². The first-order valence-electron chi connectivity index (χ1n) is 9.87. The predicted molar refractivity (Wildman–Crippen MR) is 116 cm³/mol. The lowest BCUT2D eigenvalue weighted by atomic mass is 9.94. The Balaban J connectivity index is 1.84. The summed E-state index contributed by atoms with van der Waals surface area (Å²) in [5.41, 5.74) is 0.749. The Morgan fingerprint density at radius 2 is 1.60 bits per heavy atom. The van der Waals surface area contributed by atoms with Crippen LogP contribution in [0.15, 0.2) is 47.4 Å². The second-order valence-corrected chi connectivity index (χ2v) is 9.79. The summed E-state index contributed by atoms with van der Waals surface area (Å²) >= 11 is 0. The van der Waals surface area contributed by atoms with Crippen LogP contribution in [0.3, 0.4) is 0 Å². The number of nitrogens with zero attached hydrogens (tertiary/aromatic N) is 1. The van der Waals surface area contributed by atoms with Gasteiger partial charge in [0.25, 0.3) is 5.91 Å². The maximum atomic E-state index is 13.1. The van der Waals surface area contributed by atoms with Gasteiger partial charge in [0.05, 0.1) is 19.1 Å². The van der Waals surface area contributed by atoms with Crippen molar-refractivity contribution in [3.63, 3.8) is 0 Å². The molecule has 0 aliphatic carbocycles. The summed E-state index contributed by atoms with van der Waals surface area (Å²) < 4.78 is 38.2. The molecule has 7 nitrogen and oxygen atoms in total. The molecule has 2 aromatic rings. The second kappa shape index (κ2) is 9.06. The monoisotopic (exact) mass is 432 g/mol. The van der Waals surface area contributed by atoms with E-state index in [1.807, 2.05) is 0 Å². The lowest BCUT2D eigenvalue weighted by molar-refractivity contribution is 0.102. The van der Waals surface area contributed by atoms with Gasteiger partial charge in [0, 0.05) is 42.5 Å². The predicted octanol–water partition coefficient (Wildman–Crippen LogP) is 3.62. The Kier molecular flexibility index (Phi) is 6.67. The topological polar surface area (TPSA) is 84.9 Å². The van der Waals surface area contributed by atoms with E-state index < -0.39 is 15.9 Å². The molecule has 1 heterocycles. The Labute approximate surface area is 178 Å². The fourth-order valence-electron chi connectivity index (χ4n) is 3.83. The Morgan fingerprint density at radius 1 is 1.00 bits per heavy atom. The van der Waals surface area contributed by atoms with Gasteiger partial charge in [0.2, 0.25) is 10.0 Å². The van der Waals surface area contributed by atoms with E-state index in [4.69, 9.17) is 9.47 Å². The molecule has 30 heavy (non-hydrogen) atoms. The van der Waals surface area contributed by atoms with Crippen molar-refractivity contribution in [1.82, 2.24) is 4.31 Å². The van der Waals surface area contributed by atoms with Gasteiger partial charge in [-0.2, -0.15) is 4.31 Å². The molecule has 1 fully saturated rings. The van der Waals surface area contributed by atoms with Gasteiger partial charge in [-0.3, -0.25) is 4.79 Å². The Bertz CT molecular complexity index is 990. The second-order valence-electron chi connectivity index (χ2n) is 7.85. The molecule has 1 N–H and O–H groups in total. The van der Waals surface area contributed by atoms with Gasteiger partial charge in [-0.05, 0) is 36.5 Å². The molecule has 1 amide bonds. The molecule has 1 aliphatic heterocycles. The quantitative estimate of drug-likeness (QED) is 0.754. The van der Waals surface area contributed by atoms with Gasteiger partial charge in [0.15, 0.2) is 0 Å². The van der Waals surface area contributed by atoms with Crippen molar-refractivity contribution in [3.8, 4) is 11.5 Å². The molecular weight excluding hydrogens is 404 g/mol.